The van der Waals surface area contributed by atoms with Gasteiger partial charge in [-0.1, -0.05) is 56.3 Å². The Morgan fingerprint density at radius 3 is 2.54 bits per heavy atom. The molecule has 1 aliphatic heterocycles. The van der Waals surface area contributed by atoms with Crippen molar-refractivity contribution in [3.8, 4) is 0 Å². The van der Waals surface area contributed by atoms with E-state index in [0.29, 0.717) is 44.3 Å². The van der Waals surface area contributed by atoms with Crippen molar-refractivity contribution in [2.75, 3.05) is 31.1 Å². The molecule has 1 amide bonds. The van der Waals surface area contributed by atoms with Crippen molar-refractivity contribution in [2.24, 2.45) is 5.92 Å². The lowest BCUT2D eigenvalue weighted by Crippen LogP contribution is -2.36. The summed E-state index contributed by atoms with van der Waals surface area (Å²) in [6, 6.07) is 17.0. The largest absolute Gasteiger partial charge is 0.354 e. The van der Waals surface area contributed by atoms with Crippen LogP contribution >= 0.6 is 0 Å². The molecule has 2 heterocycles. The molecule has 0 aliphatic carbocycles. The Hall–Kier alpha value is -2.97. The van der Waals surface area contributed by atoms with Gasteiger partial charge in [-0.15, -0.1) is 0 Å². The zero-order valence-electron chi connectivity index (χ0n) is 20.7. The van der Waals surface area contributed by atoms with Gasteiger partial charge in [0.1, 0.15) is 10.7 Å². The van der Waals surface area contributed by atoms with Gasteiger partial charge in [0.2, 0.25) is 15.9 Å². The number of nitrogens with one attached hydrogen (secondary N) is 1. The van der Waals surface area contributed by atoms with Crippen LogP contribution in [0.15, 0.2) is 59.5 Å². The lowest BCUT2D eigenvalue weighted by atomic mass is 10.1. The number of aromatic nitrogens is 1. The van der Waals surface area contributed by atoms with E-state index in [4.69, 9.17) is 4.98 Å². The second-order valence-electron chi connectivity index (χ2n) is 9.57. The molecule has 3 aromatic rings. The molecule has 2 aromatic carbocycles. The van der Waals surface area contributed by atoms with E-state index in [1.54, 1.807) is 6.07 Å². The molecule has 186 valence electrons. The summed E-state index contributed by atoms with van der Waals surface area (Å²) in [7, 11) is -3.84. The predicted octanol–water partition coefficient (Wildman–Crippen LogP) is 4.11. The van der Waals surface area contributed by atoms with Crippen LogP contribution in [-0.2, 0) is 21.4 Å². The van der Waals surface area contributed by atoms with Gasteiger partial charge in [-0.25, -0.2) is 18.1 Å². The summed E-state index contributed by atoms with van der Waals surface area (Å²) in [5, 5.41) is 0.774. The number of carbonyl (C=O) groups excluding carboxylic acids is 1. The van der Waals surface area contributed by atoms with Crippen LogP contribution < -0.4 is 9.62 Å². The number of para-hydroxylation sites is 1. The molecule has 1 fully saturated rings. The van der Waals surface area contributed by atoms with E-state index >= 15 is 0 Å². The summed E-state index contributed by atoms with van der Waals surface area (Å²) in [6.45, 7) is 8.66. The zero-order valence-corrected chi connectivity index (χ0v) is 21.5. The summed E-state index contributed by atoms with van der Waals surface area (Å²) in [5.41, 5.74) is 2.71. The van der Waals surface area contributed by atoms with E-state index in [0.717, 1.165) is 28.5 Å². The third-order valence-electron chi connectivity index (χ3n) is 6.40. The number of anilines is 1. The highest BCUT2D eigenvalue weighted by molar-refractivity contribution is 7.89. The molecule has 1 aliphatic rings. The molecule has 1 aromatic heterocycles. The fraction of sp³-hybridized carbons (Fsp3) is 0.407. The number of pyridine rings is 1. The van der Waals surface area contributed by atoms with Gasteiger partial charge >= 0.3 is 0 Å². The minimum atomic E-state index is -3.84. The molecular weight excluding hydrogens is 460 g/mol. The zero-order chi connectivity index (χ0) is 25.0. The molecule has 35 heavy (non-hydrogen) atoms. The SMILES string of the molecule is Cc1ccccc1CNS(=O)(=O)c1cc2ccccc2nc1N1CCCN(C(=O)CC(C)C)CC1. The molecule has 0 spiro atoms. The molecule has 0 unspecified atom stereocenters. The summed E-state index contributed by atoms with van der Waals surface area (Å²) in [4.78, 5) is 21.5. The van der Waals surface area contributed by atoms with E-state index < -0.39 is 10.0 Å². The summed E-state index contributed by atoms with van der Waals surface area (Å²) >= 11 is 0. The maximum atomic E-state index is 13.6. The molecule has 8 heteroatoms. The first-order valence-corrected chi connectivity index (χ1v) is 13.7. The predicted molar refractivity (Wildman–Crippen MR) is 140 cm³/mol. The molecule has 4 rings (SSSR count). The number of nitrogens with zero attached hydrogens (tertiary/aromatic N) is 3. The van der Waals surface area contributed by atoms with Gasteiger partial charge in [-0.05, 0) is 42.5 Å². The van der Waals surface area contributed by atoms with Gasteiger partial charge in [-0.2, -0.15) is 0 Å². The molecule has 0 atom stereocenters. The van der Waals surface area contributed by atoms with Crippen LogP contribution in [0.5, 0.6) is 0 Å². The second kappa shape index (κ2) is 10.7. The Bertz CT molecular complexity index is 1310. The molecular formula is C27H34N4O3S. The summed E-state index contributed by atoms with van der Waals surface area (Å²) in [6.07, 6.45) is 1.28. The first kappa shape index (κ1) is 25.1. The third kappa shape index (κ3) is 6.00. The van der Waals surface area contributed by atoms with Crippen molar-refractivity contribution in [3.63, 3.8) is 0 Å². The van der Waals surface area contributed by atoms with Crippen LogP contribution in [0.3, 0.4) is 0 Å². The van der Waals surface area contributed by atoms with Crippen LogP contribution in [0.2, 0.25) is 0 Å². The number of amides is 1. The Labute approximate surface area is 208 Å². The van der Waals surface area contributed by atoms with Crippen LogP contribution in [-0.4, -0.2) is 50.4 Å². The normalized spacial score (nSPS) is 15.0. The van der Waals surface area contributed by atoms with Crippen molar-refractivity contribution >= 4 is 32.7 Å². The van der Waals surface area contributed by atoms with Crippen LogP contribution in [0.1, 0.15) is 37.8 Å². The first-order chi connectivity index (χ1) is 16.7. The molecule has 0 bridgehead atoms. The molecule has 0 radical (unpaired) electrons. The van der Waals surface area contributed by atoms with Crippen LogP contribution in [0.25, 0.3) is 10.9 Å². The van der Waals surface area contributed by atoms with E-state index in [-0.39, 0.29) is 17.3 Å². The van der Waals surface area contributed by atoms with E-state index in [2.05, 4.69) is 4.72 Å². The van der Waals surface area contributed by atoms with Gasteiger partial charge in [0.15, 0.2) is 0 Å². The summed E-state index contributed by atoms with van der Waals surface area (Å²) < 4.78 is 29.9. The monoisotopic (exact) mass is 494 g/mol. The number of fused-ring (bicyclic) bond motifs is 1. The van der Waals surface area contributed by atoms with Crippen molar-refractivity contribution < 1.29 is 13.2 Å². The van der Waals surface area contributed by atoms with Crippen LogP contribution in [0.4, 0.5) is 5.82 Å². The molecule has 0 saturated carbocycles. The molecule has 1 saturated heterocycles. The highest BCUT2D eigenvalue weighted by Gasteiger charge is 2.27. The Balaban J connectivity index is 1.64. The lowest BCUT2D eigenvalue weighted by Gasteiger charge is -2.25. The van der Waals surface area contributed by atoms with E-state index in [9.17, 15) is 13.2 Å². The number of sulfonamides is 1. The average molecular weight is 495 g/mol. The van der Waals surface area contributed by atoms with Crippen molar-refractivity contribution in [2.45, 2.75) is 45.1 Å². The van der Waals surface area contributed by atoms with Gasteiger partial charge in [-0.3, -0.25) is 4.79 Å². The van der Waals surface area contributed by atoms with E-state index in [1.807, 2.05) is 79.1 Å². The van der Waals surface area contributed by atoms with Gasteiger partial charge in [0.25, 0.3) is 0 Å². The minimum absolute atomic E-state index is 0.154. The van der Waals surface area contributed by atoms with Gasteiger partial charge < -0.3 is 9.80 Å². The lowest BCUT2D eigenvalue weighted by molar-refractivity contribution is -0.131. The smallest absolute Gasteiger partial charge is 0.244 e. The molecule has 1 N–H and O–H groups in total. The quantitative estimate of drug-likeness (QED) is 0.535. The Morgan fingerprint density at radius 1 is 1.03 bits per heavy atom. The number of hydrogen-bond acceptors (Lipinski definition) is 5. The minimum Gasteiger partial charge on any atom is -0.354 e. The third-order valence-corrected chi connectivity index (χ3v) is 7.81. The topological polar surface area (TPSA) is 82.6 Å². The Morgan fingerprint density at radius 2 is 1.77 bits per heavy atom. The average Bonchev–Trinajstić information content (AvgIpc) is 3.09. The Kier molecular flexibility index (Phi) is 7.72. The maximum absolute atomic E-state index is 13.6. The van der Waals surface area contributed by atoms with Gasteiger partial charge in [0, 0.05) is 44.5 Å². The number of carbonyl (C=O) groups is 1. The fourth-order valence-electron chi connectivity index (χ4n) is 4.43. The maximum Gasteiger partial charge on any atom is 0.244 e. The second-order valence-corrected chi connectivity index (χ2v) is 11.3. The number of hydrogen-bond donors (Lipinski definition) is 1. The summed E-state index contributed by atoms with van der Waals surface area (Å²) in [5.74, 6) is 0.903. The first-order valence-electron chi connectivity index (χ1n) is 12.2. The number of rotatable bonds is 7. The van der Waals surface area contributed by atoms with Crippen molar-refractivity contribution in [1.82, 2.24) is 14.6 Å². The standard InChI is InChI=1S/C27H34N4O3S/c1-20(2)17-26(32)30-13-8-14-31(16-15-30)27-25(18-22-10-6-7-12-24(22)29-27)35(33,34)28-19-23-11-5-4-9-21(23)3/h4-7,9-12,18,20,28H,8,13-17,19H2,1-3H3. The van der Waals surface area contributed by atoms with Crippen molar-refractivity contribution in [3.05, 3.63) is 65.7 Å². The molecule has 7 nitrogen and oxygen atoms in total. The number of benzene rings is 2. The van der Waals surface area contributed by atoms with Crippen molar-refractivity contribution in [1.29, 1.82) is 0 Å². The number of aryl methyl sites for hydroxylation is 1. The van der Waals surface area contributed by atoms with E-state index in [1.165, 1.54) is 0 Å². The van der Waals surface area contributed by atoms with Gasteiger partial charge in [0.05, 0.1) is 5.52 Å². The highest BCUT2D eigenvalue weighted by atomic mass is 32.2. The fourth-order valence-corrected chi connectivity index (χ4v) is 5.62. The van der Waals surface area contributed by atoms with Crippen LogP contribution in [0, 0.1) is 12.8 Å². The highest BCUT2D eigenvalue weighted by Crippen LogP contribution is 2.29.